The average molecular weight is 390 g/mol. The summed E-state index contributed by atoms with van der Waals surface area (Å²) in [5, 5.41) is 0. The number of carbonyl (C=O) groups is 1. The van der Waals surface area contributed by atoms with Gasteiger partial charge in [0.15, 0.2) is 12.2 Å². The maximum Gasteiger partial charge on any atom is 0.309 e. The van der Waals surface area contributed by atoms with Crippen molar-refractivity contribution >= 4 is 17.3 Å². The second kappa shape index (κ2) is 8.36. The molecule has 0 spiro atoms. The van der Waals surface area contributed by atoms with Crippen LogP contribution in [0.25, 0.3) is 0 Å². The van der Waals surface area contributed by atoms with Crippen molar-refractivity contribution in [2.45, 2.75) is 32.7 Å². The van der Waals surface area contributed by atoms with E-state index in [1.165, 1.54) is 16.1 Å². The van der Waals surface area contributed by atoms with E-state index < -0.39 is 0 Å². The highest BCUT2D eigenvalue weighted by atomic mass is 35.5. The SMILES string of the molecule is Cc1c(CCOC(=O)C2CC3C=CC2C3)sc[n+]1Cc1ccccc1.[Cl-]. The third-order valence-electron chi connectivity index (χ3n) is 5.51. The fourth-order valence-corrected chi connectivity index (χ4v) is 5.01. The summed E-state index contributed by atoms with van der Waals surface area (Å²) in [6.45, 7) is 3.53. The first-order valence-electron chi connectivity index (χ1n) is 9.06. The molecule has 0 radical (unpaired) electrons. The monoisotopic (exact) mass is 389 g/mol. The Morgan fingerprint density at radius 2 is 2.04 bits per heavy atom. The van der Waals surface area contributed by atoms with Crippen LogP contribution in [0.5, 0.6) is 0 Å². The van der Waals surface area contributed by atoms with Gasteiger partial charge in [0.2, 0.25) is 5.51 Å². The first-order chi connectivity index (χ1) is 12.2. The molecular weight excluding hydrogens is 366 g/mol. The summed E-state index contributed by atoms with van der Waals surface area (Å²) in [4.78, 5) is 13.6. The van der Waals surface area contributed by atoms with Gasteiger partial charge < -0.3 is 17.1 Å². The predicted molar refractivity (Wildman–Crippen MR) is 98.3 cm³/mol. The zero-order valence-corrected chi connectivity index (χ0v) is 16.5. The number of benzene rings is 1. The lowest BCUT2D eigenvalue weighted by molar-refractivity contribution is -0.689. The Kier molecular flexibility index (Phi) is 6.15. The van der Waals surface area contributed by atoms with Crippen LogP contribution in [0.1, 0.15) is 29.0 Å². The van der Waals surface area contributed by atoms with E-state index in [0.29, 0.717) is 18.4 Å². The molecular formula is C21H24ClNO2S. The highest BCUT2D eigenvalue weighted by molar-refractivity contribution is 7.09. The Labute approximate surface area is 165 Å². The topological polar surface area (TPSA) is 30.2 Å². The van der Waals surface area contributed by atoms with E-state index in [0.717, 1.165) is 25.8 Å². The molecule has 5 heteroatoms. The number of hydrogen-bond donors (Lipinski definition) is 0. The molecule has 0 amide bonds. The van der Waals surface area contributed by atoms with Crippen molar-refractivity contribution in [3.63, 3.8) is 0 Å². The fraction of sp³-hybridized carbons (Fsp3) is 0.429. The molecule has 1 heterocycles. The minimum Gasteiger partial charge on any atom is -1.00 e. The van der Waals surface area contributed by atoms with Crippen molar-refractivity contribution in [2.24, 2.45) is 17.8 Å². The van der Waals surface area contributed by atoms with Gasteiger partial charge in [-0.15, -0.1) is 0 Å². The number of esters is 1. The maximum absolute atomic E-state index is 12.3. The van der Waals surface area contributed by atoms with Crippen LogP contribution in [0.2, 0.25) is 0 Å². The number of thiazole rings is 1. The summed E-state index contributed by atoms with van der Waals surface area (Å²) in [6.07, 6.45) is 7.39. The van der Waals surface area contributed by atoms with Gasteiger partial charge in [0.1, 0.15) is 0 Å². The second-order valence-corrected chi connectivity index (χ2v) is 8.09. The number of allylic oxidation sites excluding steroid dienone is 2. The van der Waals surface area contributed by atoms with Crippen molar-refractivity contribution in [3.05, 3.63) is 64.1 Å². The van der Waals surface area contributed by atoms with Crippen LogP contribution < -0.4 is 17.0 Å². The zero-order chi connectivity index (χ0) is 17.2. The second-order valence-electron chi connectivity index (χ2n) is 7.15. The molecule has 1 saturated carbocycles. The highest BCUT2D eigenvalue weighted by Gasteiger charge is 2.40. The van der Waals surface area contributed by atoms with Crippen LogP contribution in [-0.4, -0.2) is 12.6 Å². The highest BCUT2D eigenvalue weighted by Crippen LogP contribution is 2.43. The van der Waals surface area contributed by atoms with Crippen molar-refractivity contribution in [3.8, 4) is 0 Å². The van der Waals surface area contributed by atoms with Gasteiger partial charge in [0, 0.05) is 18.9 Å². The molecule has 1 aromatic carbocycles. The van der Waals surface area contributed by atoms with Crippen molar-refractivity contribution in [1.82, 2.24) is 0 Å². The minimum atomic E-state index is 0. The molecule has 0 N–H and O–H groups in total. The predicted octanol–water partition coefficient (Wildman–Crippen LogP) is 0.694. The number of hydrogen-bond acceptors (Lipinski definition) is 3. The molecule has 2 aromatic rings. The number of fused-ring (bicyclic) bond motifs is 2. The quantitative estimate of drug-likeness (QED) is 0.413. The summed E-state index contributed by atoms with van der Waals surface area (Å²) < 4.78 is 7.87. The molecule has 2 aliphatic rings. The number of rotatable bonds is 6. The fourth-order valence-electron chi connectivity index (χ4n) is 4.03. The Hall–Kier alpha value is -1.65. The largest absolute Gasteiger partial charge is 1.00 e. The Morgan fingerprint density at radius 1 is 1.23 bits per heavy atom. The first kappa shape index (κ1) is 19.1. The molecule has 2 bridgehead atoms. The Balaban J connectivity index is 0.00000196. The summed E-state index contributed by atoms with van der Waals surface area (Å²) >= 11 is 1.75. The van der Waals surface area contributed by atoms with Crippen LogP contribution in [-0.2, 0) is 22.5 Å². The third-order valence-corrected chi connectivity index (χ3v) is 6.65. The number of aromatic nitrogens is 1. The molecule has 3 unspecified atom stereocenters. The van der Waals surface area contributed by atoms with Gasteiger partial charge in [-0.2, -0.15) is 4.57 Å². The lowest BCUT2D eigenvalue weighted by atomic mass is 9.94. The molecule has 0 saturated heterocycles. The van der Waals surface area contributed by atoms with E-state index in [1.54, 1.807) is 11.3 Å². The lowest BCUT2D eigenvalue weighted by Crippen LogP contribution is -3.00. The van der Waals surface area contributed by atoms with E-state index in [4.69, 9.17) is 4.74 Å². The number of halogens is 1. The number of carbonyl (C=O) groups excluding carboxylic acids is 1. The standard InChI is InChI=1S/C21H24NO2S.ClH/c1-15-20(25-14-22(15)13-16-5-3-2-4-6-16)9-10-24-21(23)19-12-17-7-8-18(19)11-17;/h2-8,14,17-19H,9-13H2,1H3;1H/q+1;/p-1. The Bertz CT molecular complexity index is 787. The molecule has 138 valence electrons. The maximum atomic E-state index is 12.3. The molecule has 1 aromatic heterocycles. The number of ether oxygens (including phenoxy) is 1. The zero-order valence-electron chi connectivity index (χ0n) is 14.9. The molecule has 1 fully saturated rings. The van der Waals surface area contributed by atoms with Crippen LogP contribution in [0, 0.1) is 24.7 Å². The van der Waals surface area contributed by atoms with E-state index in [2.05, 4.69) is 53.4 Å². The van der Waals surface area contributed by atoms with E-state index in [1.807, 2.05) is 6.07 Å². The normalized spacial score (nSPS) is 23.0. The summed E-state index contributed by atoms with van der Waals surface area (Å²) in [7, 11) is 0. The molecule has 3 atom stereocenters. The van der Waals surface area contributed by atoms with E-state index in [-0.39, 0.29) is 24.3 Å². The van der Waals surface area contributed by atoms with Gasteiger partial charge in [-0.1, -0.05) is 53.8 Å². The van der Waals surface area contributed by atoms with Gasteiger partial charge in [0.05, 0.1) is 17.4 Å². The number of nitrogens with zero attached hydrogens (tertiary/aromatic N) is 1. The van der Waals surface area contributed by atoms with Crippen LogP contribution in [0.3, 0.4) is 0 Å². The van der Waals surface area contributed by atoms with Gasteiger partial charge in [-0.05, 0) is 24.7 Å². The van der Waals surface area contributed by atoms with Crippen LogP contribution in [0.15, 0.2) is 48.0 Å². The smallest absolute Gasteiger partial charge is 0.309 e. The van der Waals surface area contributed by atoms with Crippen LogP contribution >= 0.6 is 11.3 Å². The first-order valence-corrected chi connectivity index (χ1v) is 9.94. The molecule has 3 nitrogen and oxygen atoms in total. The van der Waals surface area contributed by atoms with Crippen molar-refractivity contribution < 1.29 is 26.5 Å². The van der Waals surface area contributed by atoms with Gasteiger partial charge in [-0.3, -0.25) is 4.79 Å². The summed E-state index contributed by atoms with van der Waals surface area (Å²) in [5.41, 5.74) is 4.74. The van der Waals surface area contributed by atoms with Crippen LogP contribution in [0.4, 0.5) is 0 Å². The molecule has 2 aliphatic carbocycles. The lowest BCUT2D eigenvalue weighted by Gasteiger charge is -2.16. The summed E-state index contributed by atoms with van der Waals surface area (Å²) in [5.74, 6) is 1.14. The van der Waals surface area contributed by atoms with Crippen molar-refractivity contribution in [2.75, 3.05) is 6.61 Å². The summed E-state index contributed by atoms with van der Waals surface area (Å²) in [6, 6.07) is 10.5. The van der Waals surface area contributed by atoms with Crippen molar-refractivity contribution in [1.29, 1.82) is 0 Å². The van der Waals surface area contributed by atoms with E-state index >= 15 is 0 Å². The van der Waals surface area contributed by atoms with Gasteiger partial charge >= 0.3 is 5.97 Å². The molecule has 4 rings (SSSR count). The molecule has 26 heavy (non-hydrogen) atoms. The Morgan fingerprint density at radius 3 is 2.73 bits per heavy atom. The van der Waals surface area contributed by atoms with E-state index in [9.17, 15) is 4.79 Å². The van der Waals surface area contributed by atoms with Gasteiger partial charge in [-0.25, -0.2) is 0 Å². The average Bonchev–Trinajstić information content (AvgIpc) is 3.34. The third kappa shape index (κ3) is 4.02. The minimum absolute atomic E-state index is 0. The van der Waals surface area contributed by atoms with Gasteiger partial charge in [0.25, 0.3) is 0 Å². The molecule has 0 aliphatic heterocycles.